The zero-order valence-corrected chi connectivity index (χ0v) is 15.4. The van der Waals surface area contributed by atoms with Crippen molar-refractivity contribution in [3.05, 3.63) is 60.4 Å². The molecule has 4 rings (SSSR count). The molecule has 0 radical (unpaired) electrons. The van der Waals surface area contributed by atoms with Gasteiger partial charge in [0.2, 0.25) is 5.91 Å². The Hall–Kier alpha value is -2.73. The molecule has 2 aliphatic heterocycles. The quantitative estimate of drug-likeness (QED) is 0.835. The lowest BCUT2D eigenvalue weighted by Gasteiger charge is -2.52. The fourth-order valence-electron chi connectivity index (χ4n) is 3.94. The van der Waals surface area contributed by atoms with Crippen LogP contribution < -0.4 is 4.90 Å². The minimum absolute atomic E-state index is 0.0519. The number of benzene rings is 1. The van der Waals surface area contributed by atoms with E-state index < -0.39 is 5.60 Å². The SMILES string of the molecule is C[C@@]12CCN(C(=O)Cc3cccnc3)C[C@H]1N(c1ccccc1)C(=O)CO2. The molecule has 2 saturated heterocycles. The second kappa shape index (κ2) is 7.12. The maximum Gasteiger partial charge on any atom is 0.253 e. The summed E-state index contributed by atoms with van der Waals surface area (Å²) in [7, 11) is 0. The topological polar surface area (TPSA) is 62.7 Å². The number of likely N-dealkylation sites (tertiary alicyclic amines) is 1. The number of morpholine rings is 1. The van der Waals surface area contributed by atoms with Gasteiger partial charge in [-0.1, -0.05) is 24.3 Å². The third-order valence-corrected chi connectivity index (χ3v) is 5.55. The first-order valence-electron chi connectivity index (χ1n) is 9.24. The van der Waals surface area contributed by atoms with Gasteiger partial charge in [0.1, 0.15) is 6.61 Å². The number of carbonyl (C=O) groups is 2. The molecule has 0 aliphatic carbocycles. The number of ether oxygens (including phenoxy) is 1. The molecule has 2 fully saturated rings. The van der Waals surface area contributed by atoms with Crippen LogP contribution in [0.15, 0.2) is 54.9 Å². The van der Waals surface area contributed by atoms with E-state index in [4.69, 9.17) is 4.74 Å². The standard InChI is InChI=1S/C21H23N3O3/c1-21-9-11-23(19(25)12-16-6-5-10-22-13-16)14-18(21)24(20(26)15-27-21)17-7-3-2-4-8-17/h2-8,10,13,18H,9,11-12,14-15H2,1H3/t18-,21-/m1/s1. The van der Waals surface area contributed by atoms with Crippen LogP contribution in [-0.2, 0) is 20.7 Å². The second-order valence-electron chi connectivity index (χ2n) is 7.34. The first-order chi connectivity index (χ1) is 13.1. The van der Waals surface area contributed by atoms with E-state index in [0.29, 0.717) is 25.9 Å². The lowest BCUT2D eigenvalue weighted by molar-refractivity contribution is -0.156. The number of hydrogen-bond donors (Lipinski definition) is 0. The summed E-state index contributed by atoms with van der Waals surface area (Å²) in [4.78, 5) is 33.2. The van der Waals surface area contributed by atoms with Crippen LogP contribution in [0.25, 0.3) is 0 Å². The molecule has 1 aromatic carbocycles. The van der Waals surface area contributed by atoms with E-state index in [1.807, 2.05) is 59.2 Å². The molecule has 0 N–H and O–H groups in total. The molecule has 140 valence electrons. The van der Waals surface area contributed by atoms with E-state index in [1.54, 1.807) is 12.4 Å². The third kappa shape index (κ3) is 3.45. The van der Waals surface area contributed by atoms with E-state index in [1.165, 1.54) is 0 Å². The van der Waals surface area contributed by atoms with Crippen LogP contribution in [0.5, 0.6) is 0 Å². The number of pyridine rings is 1. The van der Waals surface area contributed by atoms with Crippen LogP contribution in [0, 0.1) is 0 Å². The summed E-state index contributed by atoms with van der Waals surface area (Å²) in [5, 5.41) is 0. The normalized spacial score (nSPS) is 25.2. The highest BCUT2D eigenvalue weighted by atomic mass is 16.5. The van der Waals surface area contributed by atoms with E-state index in [9.17, 15) is 9.59 Å². The molecular weight excluding hydrogens is 342 g/mol. The molecule has 0 spiro atoms. The van der Waals surface area contributed by atoms with Gasteiger partial charge in [0.25, 0.3) is 5.91 Å². The molecule has 27 heavy (non-hydrogen) atoms. The summed E-state index contributed by atoms with van der Waals surface area (Å²) in [5.74, 6) is -0.0127. The van der Waals surface area contributed by atoms with Crippen LogP contribution in [0.1, 0.15) is 18.9 Å². The number of rotatable bonds is 3. The predicted octanol–water partition coefficient (Wildman–Crippen LogP) is 2.05. The summed E-state index contributed by atoms with van der Waals surface area (Å²) in [5.41, 5.74) is 1.30. The Labute approximate surface area is 158 Å². The zero-order chi connectivity index (χ0) is 18.9. The number of hydrogen-bond acceptors (Lipinski definition) is 4. The molecule has 3 heterocycles. The fourth-order valence-corrected chi connectivity index (χ4v) is 3.94. The highest BCUT2D eigenvalue weighted by Crippen LogP contribution is 2.36. The van der Waals surface area contributed by atoms with Crippen molar-refractivity contribution >= 4 is 17.5 Å². The molecule has 2 atom stereocenters. The molecule has 0 unspecified atom stereocenters. The summed E-state index contributed by atoms with van der Waals surface area (Å²) in [6.45, 7) is 3.22. The monoisotopic (exact) mass is 365 g/mol. The smallest absolute Gasteiger partial charge is 0.253 e. The van der Waals surface area contributed by atoms with Gasteiger partial charge in [0.15, 0.2) is 0 Å². The molecule has 0 saturated carbocycles. The van der Waals surface area contributed by atoms with Gasteiger partial charge in [-0.3, -0.25) is 14.6 Å². The zero-order valence-electron chi connectivity index (χ0n) is 15.4. The molecule has 2 amide bonds. The van der Waals surface area contributed by atoms with Crippen molar-refractivity contribution in [2.45, 2.75) is 31.4 Å². The number of aromatic nitrogens is 1. The minimum Gasteiger partial charge on any atom is -0.363 e. The van der Waals surface area contributed by atoms with E-state index >= 15 is 0 Å². The average Bonchev–Trinajstić information content (AvgIpc) is 2.69. The Morgan fingerprint density at radius 3 is 2.81 bits per heavy atom. The van der Waals surface area contributed by atoms with Gasteiger partial charge >= 0.3 is 0 Å². The number of carbonyl (C=O) groups excluding carboxylic acids is 2. The number of nitrogens with zero attached hydrogens (tertiary/aromatic N) is 3. The molecule has 6 heteroatoms. The van der Waals surface area contributed by atoms with Crippen LogP contribution in [-0.4, -0.2) is 53.0 Å². The Morgan fingerprint density at radius 2 is 2.07 bits per heavy atom. The summed E-state index contributed by atoms with van der Waals surface area (Å²) >= 11 is 0. The highest BCUT2D eigenvalue weighted by Gasteiger charge is 2.49. The Morgan fingerprint density at radius 1 is 1.26 bits per heavy atom. The van der Waals surface area contributed by atoms with Gasteiger partial charge in [-0.15, -0.1) is 0 Å². The Balaban J connectivity index is 1.57. The van der Waals surface area contributed by atoms with Crippen molar-refractivity contribution in [2.24, 2.45) is 0 Å². The van der Waals surface area contributed by atoms with Crippen molar-refractivity contribution in [3.8, 4) is 0 Å². The molecule has 2 aliphatic rings. The first-order valence-corrected chi connectivity index (χ1v) is 9.24. The van der Waals surface area contributed by atoms with E-state index in [2.05, 4.69) is 4.98 Å². The highest BCUT2D eigenvalue weighted by molar-refractivity contribution is 5.96. The van der Waals surface area contributed by atoms with Crippen molar-refractivity contribution in [2.75, 3.05) is 24.6 Å². The molecular formula is C21H23N3O3. The number of para-hydroxylation sites is 1. The lowest BCUT2D eigenvalue weighted by Crippen LogP contribution is -2.68. The van der Waals surface area contributed by atoms with Crippen molar-refractivity contribution < 1.29 is 14.3 Å². The number of anilines is 1. The van der Waals surface area contributed by atoms with Gasteiger partial charge in [-0.2, -0.15) is 0 Å². The number of fused-ring (bicyclic) bond motifs is 1. The van der Waals surface area contributed by atoms with Gasteiger partial charge in [-0.05, 0) is 37.1 Å². The lowest BCUT2D eigenvalue weighted by atomic mass is 9.85. The van der Waals surface area contributed by atoms with Gasteiger partial charge < -0.3 is 14.5 Å². The first kappa shape index (κ1) is 17.7. The summed E-state index contributed by atoms with van der Waals surface area (Å²) in [6, 6.07) is 13.2. The second-order valence-corrected chi connectivity index (χ2v) is 7.34. The van der Waals surface area contributed by atoms with Crippen LogP contribution in [0.3, 0.4) is 0 Å². The maximum atomic E-state index is 12.8. The predicted molar refractivity (Wildman–Crippen MR) is 101 cm³/mol. The minimum atomic E-state index is -0.450. The summed E-state index contributed by atoms with van der Waals surface area (Å²) in [6.07, 6.45) is 4.43. The van der Waals surface area contributed by atoms with Crippen LogP contribution in [0.2, 0.25) is 0 Å². The number of amides is 2. The maximum absolute atomic E-state index is 12.8. The molecule has 6 nitrogen and oxygen atoms in total. The molecule has 1 aromatic heterocycles. The Kier molecular flexibility index (Phi) is 4.66. The van der Waals surface area contributed by atoms with Crippen LogP contribution >= 0.6 is 0 Å². The van der Waals surface area contributed by atoms with Crippen molar-refractivity contribution in [1.29, 1.82) is 0 Å². The fraction of sp³-hybridized carbons (Fsp3) is 0.381. The number of piperidine rings is 1. The molecule has 0 bridgehead atoms. The van der Waals surface area contributed by atoms with E-state index in [0.717, 1.165) is 11.3 Å². The third-order valence-electron chi connectivity index (χ3n) is 5.55. The summed E-state index contributed by atoms with van der Waals surface area (Å²) < 4.78 is 5.94. The van der Waals surface area contributed by atoms with Gasteiger partial charge in [0.05, 0.1) is 18.1 Å². The Bertz CT molecular complexity index is 827. The van der Waals surface area contributed by atoms with Crippen LogP contribution in [0.4, 0.5) is 5.69 Å². The van der Waals surface area contributed by atoms with Gasteiger partial charge in [0, 0.05) is 31.2 Å². The van der Waals surface area contributed by atoms with E-state index in [-0.39, 0.29) is 24.5 Å². The van der Waals surface area contributed by atoms with Crippen molar-refractivity contribution in [1.82, 2.24) is 9.88 Å². The average molecular weight is 365 g/mol. The largest absolute Gasteiger partial charge is 0.363 e. The molecule has 2 aromatic rings. The van der Waals surface area contributed by atoms with Crippen molar-refractivity contribution in [3.63, 3.8) is 0 Å². The van der Waals surface area contributed by atoms with Gasteiger partial charge in [-0.25, -0.2) is 0 Å².